The van der Waals surface area contributed by atoms with Crippen molar-refractivity contribution in [2.75, 3.05) is 9.80 Å². The Morgan fingerprint density at radius 2 is 0.954 bits per heavy atom. The van der Waals surface area contributed by atoms with E-state index in [2.05, 4.69) is 307 Å². The molecular weight excluding hydrogens is 1240 g/mol. The minimum absolute atomic E-state index is 0. The summed E-state index contributed by atoms with van der Waals surface area (Å²) in [6, 6.07) is 75.4. The van der Waals surface area contributed by atoms with Crippen LogP contribution in [0.2, 0.25) is 0 Å². The SMILES string of the molecule is CC(C)(C)c1cc(-c2ccccc2)c(N2[CH-]N3c4[c-]c(Oc5[c-]c6c(cc5)c5ccccc5n6-c5ccccn5)ccc4C4(c5cccc2c53)c2c(cc(C(C)(C)C)cc2C(C)(C)C)-c2cc(C(C)(C)C)cc(C(C)(C)C)c24)c(-c2ccccc2)c1.[Pt]. The molecule has 0 saturated heterocycles. The summed E-state index contributed by atoms with van der Waals surface area (Å²) in [6.07, 6.45) is 1.85. The smallest absolute Gasteiger partial charge is 0.135 e. The van der Waals surface area contributed by atoms with E-state index in [1.54, 1.807) is 0 Å². The molecule has 0 radical (unpaired) electrons. The average molecular weight is 1320 g/mol. The van der Waals surface area contributed by atoms with Gasteiger partial charge in [-0.2, -0.15) is 12.1 Å². The van der Waals surface area contributed by atoms with Crippen molar-refractivity contribution < 1.29 is 25.8 Å². The van der Waals surface area contributed by atoms with E-state index in [4.69, 9.17) is 9.72 Å². The third-order valence-corrected chi connectivity index (χ3v) is 18.4. The molecule has 14 rings (SSSR count). The summed E-state index contributed by atoms with van der Waals surface area (Å²) in [5, 5.41) is 2.22. The fraction of sp³-hybridized carbons (Fsp3) is 0.259. The summed E-state index contributed by atoms with van der Waals surface area (Å²) in [5.41, 5.74) is 23.6. The Bertz CT molecular complexity index is 4400. The zero-order valence-corrected chi connectivity index (χ0v) is 55.3. The van der Waals surface area contributed by atoms with E-state index in [-0.39, 0.29) is 48.1 Å². The molecule has 0 bridgehead atoms. The predicted molar refractivity (Wildman–Crippen MR) is 359 cm³/mol. The number of rotatable bonds is 6. The molecule has 0 N–H and O–H groups in total. The van der Waals surface area contributed by atoms with Gasteiger partial charge in [-0.05, 0) is 136 Å². The molecular formula is C81H77N4OPt-3. The molecule has 0 amide bonds. The number of benzene rings is 9. The van der Waals surface area contributed by atoms with Crippen molar-refractivity contribution in [3.8, 4) is 50.7 Å². The Labute approximate surface area is 530 Å². The number of nitrogens with zero attached hydrogens (tertiary/aromatic N) is 4. The number of fused-ring (bicyclic) bond motifs is 12. The number of pyridine rings is 1. The zero-order chi connectivity index (χ0) is 60.2. The molecule has 1 spiro atoms. The molecule has 2 aromatic heterocycles. The summed E-state index contributed by atoms with van der Waals surface area (Å²) in [7, 11) is 0. The van der Waals surface area contributed by atoms with Gasteiger partial charge in [-0.15, -0.1) is 41.9 Å². The van der Waals surface area contributed by atoms with Crippen LogP contribution >= 0.6 is 0 Å². The van der Waals surface area contributed by atoms with Gasteiger partial charge in [0.05, 0.1) is 0 Å². The van der Waals surface area contributed by atoms with E-state index in [0.29, 0.717) is 11.5 Å². The second-order valence-corrected chi connectivity index (χ2v) is 29.4. The van der Waals surface area contributed by atoms with Crippen LogP contribution in [-0.4, -0.2) is 9.55 Å². The molecule has 0 unspecified atom stereocenters. The van der Waals surface area contributed by atoms with Gasteiger partial charge < -0.3 is 19.1 Å². The van der Waals surface area contributed by atoms with Gasteiger partial charge in [-0.3, -0.25) is 0 Å². The predicted octanol–water partition coefficient (Wildman–Crippen LogP) is 21.5. The van der Waals surface area contributed by atoms with Crippen LogP contribution in [0.25, 0.3) is 61.0 Å². The topological polar surface area (TPSA) is 33.5 Å². The first-order valence-corrected chi connectivity index (χ1v) is 30.7. The van der Waals surface area contributed by atoms with Crippen molar-refractivity contribution in [2.45, 2.75) is 136 Å². The Hall–Kier alpha value is -7.98. The van der Waals surface area contributed by atoms with Crippen molar-refractivity contribution >= 4 is 44.6 Å². The molecule has 0 fully saturated rings. The fourth-order valence-corrected chi connectivity index (χ4v) is 14.0. The number of hydrogen-bond donors (Lipinski definition) is 0. The van der Waals surface area contributed by atoms with Gasteiger partial charge in [0, 0.05) is 77.9 Å². The number of ether oxygens (including phenoxy) is 1. The number of anilines is 4. The first-order valence-electron chi connectivity index (χ1n) is 30.7. The van der Waals surface area contributed by atoms with Gasteiger partial charge in [0.2, 0.25) is 0 Å². The summed E-state index contributed by atoms with van der Waals surface area (Å²) >= 11 is 0. The summed E-state index contributed by atoms with van der Waals surface area (Å²) in [5.74, 6) is 2.02. The van der Waals surface area contributed by atoms with Crippen molar-refractivity contribution in [1.29, 1.82) is 0 Å². The van der Waals surface area contributed by atoms with Gasteiger partial charge in [0.15, 0.2) is 0 Å². The number of hydrogen-bond acceptors (Lipinski definition) is 4. The quantitative estimate of drug-likeness (QED) is 0.155. The number of para-hydroxylation sites is 2. The monoisotopic (exact) mass is 1320 g/mol. The molecule has 0 saturated carbocycles. The van der Waals surface area contributed by atoms with E-state index in [1.807, 2.05) is 18.3 Å². The Balaban J connectivity index is 0.00000700. The maximum atomic E-state index is 7.20. The minimum Gasteiger partial charge on any atom is -0.509 e. The molecule has 6 heteroatoms. The van der Waals surface area contributed by atoms with E-state index in [1.165, 1.54) is 72.3 Å². The normalized spacial score (nSPS) is 14.3. The van der Waals surface area contributed by atoms with Crippen molar-refractivity contribution in [2.24, 2.45) is 0 Å². The summed E-state index contributed by atoms with van der Waals surface area (Å²) < 4.78 is 9.39. The minimum atomic E-state index is -0.811. The fourth-order valence-electron chi connectivity index (χ4n) is 14.0. The van der Waals surface area contributed by atoms with Crippen molar-refractivity contribution in [3.63, 3.8) is 0 Å². The second kappa shape index (κ2) is 20.3. The standard InChI is InChI=1S/C81H77N4O.Pt/c1-76(2,3)52-41-59(50-27-18-16-19-28-50)74(60(42-52)51-29-20-17-21-30-51)83-49-84-70-48-56(86-55-36-38-58-57-31-22-23-33-67(57)85(69(58)47-55)71-35-24-25-40-82-71)37-39-63(70)81(64-32-26-34-68(83)75(64)84)72-61(43-53(77(4,5)6)45-65(72)79(10,11)12)62-44-54(78(7,8)9)46-66(73(62)81)80(13,14)15;/h16-46,49H,1-15H3;/q-3;. The van der Waals surface area contributed by atoms with E-state index in [9.17, 15) is 0 Å². The maximum Gasteiger partial charge on any atom is 0.135 e. The van der Waals surface area contributed by atoms with Crippen molar-refractivity contribution in [1.82, 2.24) is 9.55 Å². The van der Waals surface area contributed by atoms with Gasteiger partial charge in [-0.25, -0.2) is 4.98 Å². The van der Waals surface area contributed by atoms with Crippen LogP contribution in [0.3, 0.4) is 0 Å². The van der Waals surface area contributed by atoms with E-state index < -0.39 is 5.41 Å². The Kier molecular flexibility index (Phi) is 13.5. The Morgan fingerprint density at radius 1 is 0.437 bits per heavy atom. The average Bonchev–Trinajstić information content (AvgIpc) is 1.53. The van der Waals surface area contributed by atoms with Gasteiger partial charge >= 0.3 is 0 Å². The molecule has 3 aliphatic rings. The van der Waals surface area contributed by atoms with Crippen molar-refractivity contribution in [3.05, 3.63) is 257 Å². The van der Waals surface area contributed by atoms with E-state index in [0.717, 1.165) is 61.5 Å². The first kappa shape index (κ1) is 58.1. The van der Waals surface area contributed by atoms with Crippen LogP contribution in [0.15, 0.2) is 188 Å². The van der Waals surface area contributed by atoms with Gasteiger partial charge in [-0.1, -0.05) is 236 Å². The second-order valence-electron chi connectivity index (χ2n) is 29.4. The molecule has 11 aromatic rings. The van der Waals surface area contributed by atoms with Crippen LogP contribution in [0.5, 0.6) is 11.5 Å². The van der Waals surface area contributed by atoms with Crippen LogP contribution in [0.4, 0.5) is 22.7 Å². The van der Waals surface area contributed by atoms with Crippen LogP contribution in [-0.2, 0) is 53.6 Å². The maximum absolute atomic E-state index is 7.20. The Morgan fingerprint density at radius 3 is 1.51 bits per heavy atom. The largest absolute Gasteiger partial charge is 0.509 e. The zero-order valence-electron chi connectivity index (χ0n) is 53.0. The first-order chi connectivity index (χ1) is 40.8. The summed E-state index contributed by atoms with van der Waals surface area (Å²) in [4.78, 5) is 9.78. The molecule has 2 aliphatic heterocycles. The third-order valence-electron chi connectivity index (χ3n) is 18.4. The molecule has 1 aliphatic carbocycles. The van der Waals surface area contributed by atoms with Gasteiger partial charge in [0.1, 0.15) is 5.82 Å². The molecule has 9 aromatic carbocycles. The van der Waals surface area contributed by atoms with Crippen LogP contribution < -0.4 is 14.5 Å². The molecule has 4 heterocycles. The third kappa shape index (κ3) is 9.23. The van der Waals surface area contributed by atoms with Crippen LogP contribution in [0, 0.1) is 18.8 Å². The molecule has 0 atom stereocenters. The molecule has 87 heavy (non-hydrogen) atoms. The van der Waals surface area contributed by atoms with Crippen LogP contribution in [0.1, 0.15) is 154 Å². The van der Waals surface area contributed by atoms with Gasteiger partial charge in [0.25, 0.3) is 0 Å². The number of aromatic nitrogens is 2. The molecule has 5 nitrogen and oxygen atoms in total. The van der Waals surface area contributed by atoms with E-state index >= 15 is 0 Å². The molecule has 440 valence electrons. The summed E-state index contributed by atoms with van der Waals surface area (Å²) in [6.45, 7) is 38.0.